The van der Waals surface area contributed by atoms with Crippen molar-refractivity contribution in [3.63, 3.8) is 0 Å². The zero-order valence-electron chi connectivity index (χ0n) is 19.5. The number of pyridine rings is 1. The van der Waals surface area contributed by atoms with Crippen molar-refractivity contribution in [2.24, 2.45) is 5.92 Å². The number of nitrogens with zero attached hydrogens (tertiary/aromatic N) is 2. The number of carbonyl (C=O) groups excluding carboxylic acids is 1. The number of rotatable bonds is 7. The molecule has 176 valence electrons. The van der Waals surface area contributed by atoms with Crippen molar-refractivity contribution >= 4 is 22.6 Å². The van der Waals surface area contributed by atoms with E-state index in [1.165, 1.54) is 0 Å². The molecule has 0 spiro atoms. The van der Waals surface area contributed by atoms with Gasteiger partial charge in [-0.2, -0.15) is 5.26 Å². The van der Waals surface area contributed by atoms with Gasteiger partial charge >= 0.3 is 6.03 Å². The summed E-state index contributed by atoms with van der Waals surface area (Å²) >= 11 is 0. The lowest BCUT2D eigenvalue weighted by Gasteiger charge is -2.23. The molecule has 1 saturated heterocycles. The maximum atomic E-state index is 11.8. The van der Waals surface area contributed by atoms with Gasteiger partial charge in [0, 0.05) is 29.9 Å². The van der Waals surface area contributed by atoms with Gasteiger partial charge in [-0.25, -0.2) is 4.79 Å². The Morgan fingerprint density at radius 1 is 1.21 bits per heavy atom. The average Bonchev–Trinajstić information content (AvgIpc) is 2.85. The van der Waals surface area contributed by atoms with E-state index in [0.717, 1.165) is 36.9 Å². The van der Waals surface area contributed by atoms with Crippen LogP contribution < -0.4 is 25.4 Å². The molecule has 3 N–H and O–H groups in total. The number of hydrogen-bond acceptors (Lipinski definition) is 6. The average molecular weight is 460 g/mol. The summed E-state index contributed by atoms with van der Waals surface area (Å²) in [6.45, 7) is 6.91. The first kappa shape index (κ1) is 23.3. The van der Waals surface area contributed by atoms with Gasteiger partial charge in [0.15, 0.2) is 0 Å². The van der Waals surface area contributed by atoms with Crippen molar-refractivity contribution < 1.29 is 14.3 Å². The molecule has 0 aliphatic carbocycles. The number of anilines is 1. The van der Waals surface area contributed by atoms with Crippen molar-refractivity contribution in [2.75, 3.05) is 31.6 Å². The zero-order chi connectivity index (χ0) is 23.9. The van der Waals surface area contributed by atoms with E-state index in [2.05, 4.69) is 27.0 Å². The quantitative estimate of drug-likeness (QED) is 0.472. The lowest BCUT2D eigenvalue weighted by molar-refractivity contribution is 0.215. The van der Waals surface area contributed by atoms with Gasteiger partial charge in [0.25, 0.3) is 0 Å². The van der Waals surface area contributed by atoms with Gasteiger partial charge in [0.1, 0.15) is 23.3 Å². The predicted octanol–water partition coefficient (Wildman–Crippen LogP) is 4.73. The van der Waals surface area contributed by atoms with Crippen LogP contribution in [0.2, 0.25) is 0 Å². The number of nitrogens with one attached hydrogen (secondary N) is 3. The largest absolute Gasteiger partial charge is 0.492 e. The van der Waals surface area contributed by atoms with Crippen molar-refractivity contribution in [3.8, 4) is 23.3 Å². The van der Waals surface area contributed by atoms with E-state index in [1.807, 2.05) is 26.0 Å². The number of ether oxygens (including phenoxy) is 2. The molecule has 3 aromatic rings. The number of piperidine rings is 1. The summed E-state index contributed by atoms with van der Waals surface area (Å²) in [5.74, 6) is 2.25. The molecular formula is C26H29N5O3. The first-order chi connectivity index (χ1) is 16.6. The number of aromatic nitrogens is 1. The van der Waals surface area contributed by atoms with Gasteiger partial charge in [-0.05, 0) is 81.6 Å². The number of aryl methyl sites for hydroxylation is 1. The fraction of sp³-hybridized carbons (Fsp3) is 0.346. The second-order valence-corrected chi connectivity index (χ2v) is 8.35. The summed E-state index contributed by atoms with van der Waals surface area (Å²) in [4.78, 5) is 16.3. The zero-order valence-corrected chi connectivity index (χ0v) is 19.5. The van der Waals surface area contributed by atoms with Crippen LogP contribution in [0.5, 0.6) is 17.2 Å². The molecule has 8 nitrogen and oxygen atoms in total. The summed E-state index contributed by atoms with van der Waals surface area (Å²) in [7, 11) is 0. The van der Waals surface area contributed by atoms with Gasteiger partial charge in [-0.3, -0.25) is 4.98 Å². The van der Waals surface area contributed by atoms with Gasteiger partial charge in [0.2, 0.25) is 0 Å². The van der Waals surface area contributed by atoms with Crippen LogP contribution in [0.25, 0.3) is 10.9 Å². The van der Waals surface area contributed by atoms with Gasteiger partial charge in [-0.1, -0.05) is 0 Å². The highest BCUT2D eigenvalue weighted by Gasteiger charge is 2.16. The minimum atomic E-state index is -0.249. The third-order valence-electron chi connectivity index (χ3n) is 5.87. The first-order valence-electron chi connectivity index (χ1n) is 11.6. The first-order valence-corrected chi connectivity index (χ1v) is 11.6. The Bertz CT molecular complexity index is 1220. The van der Waals surface area contributed by atoms with Crippen molar-refractivity contribution in [1.82, 2.24) is 15.6 Å². The molecule has 34 heavy (non-hydrogen) atoms. The van der Waals surface area contributed by atoms with Crippen LogP contribution in [-0.4, -0.2) is 37.3 Å². The number of nitriles is 1. The lowest BCUT2D eigenvalue weighted by atomic mass is 9.99. The summed E-state index contributed by atoms with van der Waals surface area (Å²) in [5, 5.41) is 19.3. The molecule has 0 saturated carbocycles. The van der Waals surface area contributed by atoms with E-state index in [-0.39, 0.29) is 6.03 Å². The van der Waals surface area contributed by atoms with Crippen LogP contribution in [0.3, 0.4) is 0 Å². The number of carbonyl (C=O) groups is 1. The van der Waals surface area contributed by atoms with Crippen LogP contribution in [0.4, 0.5) is 10.5 Å². The molecule has 8 heteroatoms. The highest BCUT2D eigenvalue weighted by atomic mass is 16.5. The van der Waals surface area contributed by atoms with E-state index in [4.69, 9.17) is 9.47 Å². The summed E-state index contributed by atoms with van der Waals surface area (Å²) in [6.07, 6.45) is 3.82. The third kappa shape index (κ3) is 5.56. The molecule has 1 aliphatic heterocycles. The second-order valence-electron chi connectivity index (χ2n) is 8.35. The molecule has 2 heterocycles. The van der Waals surface area contributed by atoms with Crippen molar-refractivity contribution in [3.05, 3.63) is 53.7 Å². The predicted molar refractivity (Wildman–Crippen MR) is 131 cm³/mol. The molecule has 0 unspecified atom stereocenters. The van der Waals surface area contributed by atoms with Crippen LogP contribution in [0.1, 0.15) is 30.9 Å². The van der Waals surface area contributed by atoms with Crippen LogP contribution in [-0.2, 0) is 0 Å². The summed E-state index contributed by atoms with van der Waals surface area (Å²) in [6, 6.07) is 12.8. The van der Waals surface area contributed by atoms with E-state index >= 15 is 0 Å². The molecule has 2 aromatic carbocycles. The third-order valence-corrected chi connectivity index (χ3v) is 5.87. The fourth-order valence-corrected chi connectivity index (χ4v) is 3.99. The Balaban J connectivity index is 1.54. The molecule has 1 aromatic heterocycles. The van der Waals surface area contributed by atoms with Crippen molar-refractivity contribution in [1.29, 1.82) is 5.26 Å². The monoisotopic (exact) mass is 459 g/mol. The van der Waals surface area contributed by atoms with Crippen LogP contribution in [0, 0.1) is 24.2 Å². The Labute approximate surface area is 199 Å². The van der Waals surface area contributed by atoms with Gasteiger partial charge < -0.3 is 25.4 Å². The molecule has 1 aliphatic rings. The molecular weight excluding hydrogens is 430 g/mol. The fourth-order valence-electron chi connectivity index (χ4n) is 3.99. The maximum absolute atomic E-state index is 11.8. The van der Waals surface area contributed by atoms with Crippen LogP contribution >= 0.6 is 0 Å². The Morgan fingerprint density at radius 2 is 2.03 bits per heavy atom. The normalized spacial score (nSPS) is 13.8. The Morgan fingerprint density at radius 3 is 2.76 bits per heavy atom. The van der Waals surface area contributed by atoms with Gasteiger partial charge in [-0.15, -0.1) is 0 Å². The molecule has 4 rings (SSSR count). The highest BCUT2D eigenvalue weighted by molar-refractivity contribution is 5.90. The summed E-state index contributed by atoms with van der Waals surface area (Å²) < 4.78 is 12.2. The van der Waals surface area contributed by atoms with Crippen LogP contribution in [0.15, 0.2) is 42.6 Å². The Kier molecular flexibility index (Phi) is 7.45. The second kappa shape index (κ2) is 10.9. The molecule has 0 radical (unpaired) electrons. The van der Waals surface area contributed by atoms with E-state index in [9.17, 15) is 10.1 Å². The van der Waals surface area contributed by atoms with E-state index in [0.29, 0.717) is 53.1 Å². The van der Waals surface area contributed by atoms with Gasteiger partial charge in [0.05, 0.1) is 17.7 Å². The molecule has 0 bridgehead atoms. The Hall–Kier alpha value is -3.83. The summed E-state index contributed by atoms with van der Waals surface area (Å²) in [5.41, 5.74) is 2.73. The molecule has 0 atom stereocenters. The number of amides is 2. The highest BCUT2D eigenvalue weighted by Crippen LogP contribution is 2.34. The minimum absolute atomic E-state index is 0.249. The standard InChI is InChI=1S/C26H29N5O3/c1-3-29-26(32)31-22-5-4-20(12-17(22)2)34-24-8-11-30-23-14-25(19(15-27)13-21(23)24)33-16-18-6-9-28-10-7-18/h4-5,8,11-14,18,28H,3,6-7,9-10,16H2,1-2H3,(H2,29,31,32). The maximum Gasteiger partial charge on any atom is 0.319 e. The lowest BCUT2D eigenvalue weighted by Crippen LogP contribution is -2.30. The molecule has 2 amide bonds. The van der Waals surface area contributed by atoms with E-state index < -0.39 is 0 Å². The number of benzene rings is 2. The number of hydrogen-bond donors (Lipinski definition) is 3. The molecule has 1 fully saturated rings. The number of fused-ring (bicyclic) bond motifs is 1. The smallest absolute Gasteiger partial charge is 0.319 e. The number of urea groups is 1. The SMILES string of the molecule is CCNC(=O)Nc1ccc(Oc2ccnc3cc(OCC4CCNCC4)c(C#N)cc23)cc1C. The van der Waals surface area contributed by atoms with E-state index in [1.54, 1.807) is 30.5 Å². The van der Waals surface area contributed by atoms with Crippen molar-refractivity contribution in [2.45, 2.75) is 26.7 Å². The topological polar surface area (TPSA) is 108 Å². The minimum Gasteiger partial charge on any atom is -0.492 e.